The van der Waals surface area contributed by atoms with Crippen LogP contribution in [-0.4, -0.2) is 30.5 Å². The first-order chi connectivity index (χ1) is 14.4. The van der Waals surface area contributed by atoms with Crippen LogP contribution in [0.1, 0.15) is 45.2 Å². The number of aliphatic imine (C=N–C) groups is 1. The van der Waals surface area contributed by atoms with Crippen molar-refractivity contribution in [3.05, 3.63) is 65.2 Å². The molecule has 0 aliphatic rings. The van der Waals surface area contributed by atoms with Gasteiger partial charge in [0.05, 0.1) is 31.0 Å². The van der Waals surface area contributed by atoms with E-state index in [1.165, 1.54) is 0 Å². The molecule has 1 unspecified atom stereocenters. The Kier molecular flexibility index (Phi) is 8.66. The standard InChI is InChI=1S/C25H31NO4/c1-6-20(25(28)30-7-2)24(18-12-14-19(29-5)15-13-18)26-22-9-8-10-23(27)21(22)16-11-17(3)4/h8-15,20,27H,6-7,16H2,1-5H3. The number of phenolic OH excluding ortho intramolecular Hbond substituents is 1. The molecule has 0 heterocycles. The minimum Gasteiger partial charge on any atom is -0.508 e. The van der Waals surface area contributed by atoms with E-state index in [1.54, 1.807) is 26.2 Å². The minimum absolute atomic E-state index is 0.187. The quantitative estimate of drug-likeness (QED) is 0.332. The highest BCUT2D eigenvalue weighted by molar-refractivity contribution is 6.13. The summed E-state index contributed by atoms with van der Waals surface area (Å²) < 4.78 is 10.6. The molecule has 0 fully saturated rings. The maximum atomic E-state index is 12.7. The smallest absolute Gasteiger partial charge is 0.315 e. The molecule has 2 rings (SSSR count). The van der Waals surface area contributed by atoms with Crippen LogP contribution in [0, 0.1) is 5.92 Å². The van der Waals surface area contributed by atoms with Gasteiger partial charge in [-0.3, -0.25) is 9.79 Å². The van der Waals surface area contributed by atoms with E-state index >= 15 is 0 Å². The van der Waals surface area contributed by atoms with Gasteiger partial charge in [-0.1, -0.05) is 24.6 Å². The molecule has 0 saturated carbocycles. The van der Waals surface area contributed by atoms with Crippen LogP contribution >= 0.6 is 0 Å². The van der Waals surface area contributed by atoms with Crippen LogP contribution in [0.2, 0.25) is 0 Å². The minimum atomic E-state index is -0.517. The van der Waals surface area contributed by atoms with Crippen LogP contribution in [0.15, 0.2) is 59.1 Å². The van der Waals surface area contributed by atoms with Gasteiger partial charge in [-0.25, -0.2) is 0 Å². The van der Waals surface area contributed by atoms with Crippen molar-refractivity contribution in [3.8, 4) is 11.5 Å². The van der Waals surface area contributed by atoms with Crippen molar-refractivity contribution in [2.45, 2.75) is 40.5 Å². The molecule has 0 aliphatic heterocycles. The lowest BCUT2D eigenvalue weighted by Crippen LogP contribution is -2.26. The highest BCUT2D eigenvalue weighted by atomic mass is 16.5. The predicted molar refractivity (Wildman–Crippen MR) is 121 cm³/mol. The summed E-state index contributed by atoms with van der Waals surface area (Å²) >= 11 is 0. The molecule has 5 nitrogen and oxygen atoms in total. The van der Waals surface area contributed by atoms with Crippen LogP contribution in [0.3, 0.4) is 0 Å². The van der Waals surface area contributed by atoms with Crippen molar-refractivity contribution in [1.82, 2.24) is 0 Å². The molecule has 0 spiro atoms. The molecule has 2 aromatic rings. The lowest BCUT2D eigenvalue weighted by molar-refractivity contribution is -0.145. The third-order valence-electron chi connectivity index (χ3n) is 4.78. The largest absolute Gasteiger partial charge is 0.508 e. The molecule has 5 heteroatoms. The maximum absolute atomic E-state index is 12.7. The average molecular weight is 410 g/mol. The number of rotatable bonds is 9. The summed E-state index contributed by atoms with van der Waals surface area (Å²) in [5.74, 6) is 0.0912. The first-order valence-corrected chi connectivity index (χ1v) is 10.2. The number of benzene rings is 2. The van der Waals surface area contributed by atoms with Gasteiger partial charge in [0.15, 0.2) is 0 Å². The molecule has 0 saturated heterocycles. The molecular weight excluding hydrogens is 378 g/mol. The number of carbonyl (C=O) groups is 1. The Morgan fingerprint density at radius 1 is 1.13 bits per heavy atom. The molecule has 0 radical (unpaired) electrons. The Hall–Kier alpha value is -3.08. The number of methoxy groups -OCH3 is 1. The number of allylic oxidation sites excluding steroid dienone is 2. The first-order valence-electron chi connectivity index (χ1n) is 10.2. The zero-order chi connectivity index (χ0) is 22.1. The van der Waals surface area contributed by atoms with Gasteiger partial charge in [-0.2, -0.15) is 0 Å². The lowest BCUT2D eigenvalue weighted by Gasteiger charge is -2.18. The van der Waals surface area contributed by atoms with Gasteiger partial charge >= 0.3 is 5.97 Å². The number of hydrogen-bond donors (Lipinski definition) is 1. The second-order valence-corrected chi connectivity index (χ2v) is 7.20. The fourth-order valence-electron chi connectivity index (χ4n) is 3.13. The van der Waals surface area contributed by atoms with Crippen molar-refractivity contribution in [1.29, 1.82) is 0 Å². The highest BCUT2D eigenvalue weighted by Crippen LogP contribution is 2.31. The van der Waals surface area contributed by atoms with E-state index in [0.717, 1.165) is 22.4 Å². The van der Waals surface area contributed by atoms with E-state index in [2.05, 4.69) is 0 Å². The second-order valence-electron chi connectivity index (χ2n) is 7.20. The average Bonchev–Trinajstić information content (AvgIpc) is 2.73. The third-order valence-corrected chi connectivity index (χ3v) is 4.78. The number of ether oxygens (including phenoxy) is 2. The van der Waals surface area contributed by atoms with Crippen molar-refractivity contribution in [2.24, 2.45) is 10.9 Å². The molecule has 1 N–H and O–H groups in total. The van der Waals surface area contributed by atoms with Crippen LogP contribution in [0.25, 0.3) is 0 Å². The Balaban J connectivity index is 2.64. The second kappa shape index (κ2) is 11.2. The van der Waals surface area contributed by atoms with Crippen LogP contribution in [0.5, 0.6) is 11.5 Å². The summed E-state index contributed by atoms with van der Waals surface area (Å²) in [6.45, 7) is 8.07. The van der Waals surface area contributed by atoms with E-state index in [0.29, 0.717) is 30.8 Å². The van der Waals surface area contributed by atoms with Gasteiger partial charge in [0.1, 0.15) is 11.5 Å². The topological polar surface area (TPSA) is 68.1 Å². The van der Waals surface area contributed by atoms with E-state index in [9.17, 15) is 9.90 Å². The zero-order valence-corrected chi connectivity index (χ0v) is 18.4. The van der Waals surface area contributed by atoms with Gasteiger partial charge in [0, 0.05) is 5.56 Å². The fourth-order valence-corrected chi connectivity index (χ4v) is 3.13. The summed E-state index contributed by atoms with van der Waals surface area (Å²) in [5.41, 5.74) is 3.95. The van der Waals surface area contributed by atoms with E-state index in [-0.39, 0.29) is 11.7 Å². The molecule has 1 atom stereocenters. The molecule has 30 heavy (non-hydrogen) atoms. The van der Waals surface area contributed by atoms with Crippen molar-refractivity contribution in [3.63, 3.8) is 0 Å². The first kappa shape index (κ1) is 23.2. The van der Waals surface area contributed by atoms with E-state index < -0.39 is 5.92 Å². The number of nitrogens with zero attached hydrogens (tertiary/aromatic N) is 1. The van der Waals surface area contributed by atoms with E-state index in [1.807, 2.05) is 57.2 Å². The van der Waals surface area contributed by atoms with Crippen molar-refractivity contribution in [2.75, 3.05) is 13.7 Å². The zero-order valence-electron chi connectivity index (χ0n) is 18.4. The molecular formula is C25H31NO4. The molecule has 160 valence electrons. The lowest BCUT2D eigenvalue weighted by atomic mass is 9.93. The number of esters is 1. The predicted octanol–water partition coefficient (Wildman–Crippen LogP) is 5.62. The number of carbonyl (C=O) groups excluding carboxylic acids is 1. The SMILES string of the molecule is CCOC(=O)C(CC)C(=Nc1cccc(O)c1CC=C(C)C)c1ccc(OC)cc1. The molecule has 0 aliphatic carbocycles. The summed E-state index contributed by atoms with van der Waals surface area (Å²) in [7, 11) is 1.61. The number of aromatic hydroxyl groups is 1. The van der Waals surface area contributed by atoms with Gasteiger partial charge in [0.25, 0.3) is 0 Å². The fraction of sp³-hybridized carbons (Fsp3) is 0.360. The summed E-state index contributed by atoms with van der Waals surface area (Å²) in [6, 6.07) is 12.7. The van der Waals surface area contributed by atoms with Crippen LogP contribution < -0.4 is 4.74 Å². The Bertz CT molecular complexity index is 909. The van der Waals surface area contributed by atoms with Gasteiger partial charge in [-0.05, 0) is 75.6 Å². The normalized spacial score (nSPS) is 12.2. The Morgan fingerprint density at radius 2 is 1.83 bits per heavy atom. The Morgan fingerprint density at radius 3 is 2.40 bits per heavy atom. The number of hydrogen-bond acceptors (Lipinski definition) is 5. The maximum Gasteiger partial charge on any atom is 0.315 e. The third kappa shape index (κ3) is 5.96. The van der Waals surface area contributed by atoms with Crippen LogP contribution in [-0.2, 0) is 16.0 Å². The van der Waals surface area contributed by atoms with Gasteiger partial charge in [0.2, 0.25) is 0 Å². The van der Waals surface area contributed by atoms with Crippen molar-refractivity contribution < 1.29 is 19.4 Å². The summed E-state index contributed by atoms with van der Waals surface area (Å²) in [6.07, 6.45) is 3.15. The Labute approximate surface area is 179 Å². The van der Waals surface area contributed by atoms with Crippen molar-refractivity contribution >= 4 is 17.4 Å². The van der Waals surface area contributed by atoms with Crippen LogP contribution in [0.4, 0.5) is 5.69 Å². The molecule has 0 aromatic heterocycles. The summed E-state index contributed by atoms with van der Waals surface area (Å²) in [4.78, 5) is 17.6. The summed E-state index contributed by atoms with van der Waals surface area (Å²) in [5, 5.41) is 10.4. The van der Waals surface area contributed by atoms with E-state index in [4.69, 9.17) is 14.5 Å². The molecule has 2 aromatic carbocycles. The van der Waals surface area contributed by atoms with Gasteiger partial charge < -0.3 is 14.6 Å². The highest BCUT2D eigenvalue weighted by Gasteiger charge is 2.26. The molecule has 0 amide bonds. The van der Waals surface area contributed by atoms with Gasteiger partial charge in [-0.15, -0.1) is 0 Å². The number of phenols is 1. The molecule has 0 bridgehead atoms. The monoisotopic (exact) mass is 409 g/mol.